The van der Waals surface area contributed by atoms with Crippen LogP contribution in [-0.2, 0) is 9.59 Å². The van der Waals surface area contributed by atoms with Gasteiger partial charge in [0.2, 0.25) is 5.91 Å². The van der Waals surface area contributed by atoms with Crippen LogP contribution in [0.4, 0.5) is 0 Å². The van der Waals surface area contributed by atoms with Crippen LogP contribution in [-0.4, -0.2) is 36.3 Å². The molecular formula is C13H26N2O2S. The van der Waals surface area contributed by atoms with Crippen molar-refractivity contribution in [1.82, 2.24) is 5.32 Å². The van der Waals surface area contributed by atoms with Crippen LogP contribution in [0.25, 0.3) is 0 Å². The Morgan fingerprint density at radius 2 is 2.11 bits per heavy atom. The lowest BCUT2D eigenvalue weighted by molar-refractivity contribution is -0.122. The summed E-state index contributed by atoms with van der Waals surface area (Å²) in [5.74, 6) is 1.85. The minimum Gasteiger partial charge on any atom is -0.356 e. The molecule has 0 saturated heterocycles. The first-order chi connectivity index (χ1) is 8.61. The molecule has 0 radical (unpaired) electrons. The van der Waals surface area contributed by atoms with Crippen molar-refractivity contribution in [2.24, 2.45) is 11.7 Å². The highest BCUT2D eigenvalue weighted by Crippen LogP contribution is 2.15. The van der Waals surface area contributed by atoms with Crippen molar-refractivity contribution in [1.29, 1.82) is 0 Å². The summed E-state index contributed by atoms with van der Waals surface area (Å²) >= 11 is 1.69. The molecule has 0 fully saturated rings. The lowest BCUT2D eigenvalue weighted by Crippen LogP contribution is -2.26. The highest BCUT2D eigenvalue weighted by molar-refractivity contribution is 7.99. The number of carbonyl (C=O) groups excluding carboxylic acids is 2. The number of amides is 1. The fraction of sp³-hybridized carbons (Fsp3) is 0.846. The number of nitrogens with two attached hydrogens (primary N) is 1. The summed E-state index contributed by atoms with van der Waals surface area (Å²) < 4.78 is 0. The van der Waals surface area contributed by atoms with Crippen LogP contribution in [0, 0.1) is 5.92 Å². The first-order valence-electron chi connectivity index (χ1n) is 6.66. The highest BCUT2D eigenvalue weighted by Gasteiger charge is 2.15. The molecule has 0 spiro atoms. The van der Waals surface area contributed by atoms with Crippen LogP contribution in [0.2, 0.25) is 0 Å². The second-order valence-electron chi connectivity index (χ2n) is 4.41. The van der Waals surface area contributed by atoms with Crippen molar-refractivity contribution in [3.63, 3.8) is 0 Å². The van der Waals surface area contributed by atoms with Crippen molar-refractivity contribution >= 4 is 23.5 Å². The molecule has 0 aliphatic rings. The smallest absolute Gasteiger partial charge is 0.220 e. The number of rotatable bonds is 11. The minimum absolute atomic E-state index is 0.0153. The molecule has 0 aromatic heterocycles. The average Bonchev–Trinajstić information content (AvgIpc) is 2.33. The quantitative estimate of drug-likeness (QED) is 0.561. The highest BCUT2D eigenvalue weighted by atomic mass is 32.2. The summed E-state index contributed by atoms with van der Waals surface area (Å²) in [6.45, 7) is 5.06. The third kappa shape index (κ3) is 9.48. The standard InChI is InChI=1S/C13H26N2O2S/c1-3-4-8-15-13(17)6-5-12(11(2)16)10-18-9-7-14/h12H,3-10,14H2,1-2H3,(H,15,17). The van der Waals surface area contributed by atoms with E-state index in [1.807, 2.05) is 0 Å². The normalized spacial score (nSPS) is 12.2. The summed E-state index contributed by atoms with van der Waals surface area (Å²) in [6, 6.07) is 0. The number of thioether (sulfide) groups is 1. The van der Waals surface area contributed by atoms with Gasteiger partial charge in [-0.1, -0.05) is 13.3 Å². The number of carbonyl (C=O) groups is 2. The van der Waals surface area contributed by atoms with Gasteiger partial charge in [0.15, 0.2) is 0 Å². The third-order valence-electron chi connectivity index (χ3n) is 2.73. The Morgan fingerprint density at radius 3 is 2.67 bits per heavy atom. The van der Waals surface area contributed by atoms with E-state index in [9.17, 15) is 9.59 Å². The maximum Gasteiger partial charge on any atom is 0.220 e. The van der Waals surface area contributed by atoms with Crippen molar-refractivity contribution < 1.29 is 9.59 Å². The summed E-state index contributed by atoms with van der Waals surface area (Å²) in [6.07, 6.45) is 3.17. The monoisotopic (exact) mass is 274 g/mol. The Bertz CT molecular complexity index is 247. The van der Waals surface area contributed by atoms with Crippen LogP contribution >= 0.6 is 11.8 Å². The molecule has 0 aliphatic heterocycles. The van der Waals surface area contributed by atoms with Gasteiger partial charge in [0.1, 0.15) is 5.78 Å². The van der Waals surface area contributed by atoms with E-state index in [4.69, 9.17) is 5.73 Å². The maximum atomic E-state index is 11.5. The molecular weight excluding hydrogens is 248 g/mol. The molecule has 1 unspecified atom stereocenters. The number of nitrogens with one attached hydrogen (secondary N) is 1. The van der Waals surface area contributed by atoms with E-state index in [1.165, 1.54) is 0 Å². The molecule has 0 saturated carbocycles. The number of hydrogen-bond donors (Lipinski definition) is 2. The molecule has 18 heavy (non-hydrogen) atoms. The number of hydrogen-bond acceptors (Lipinski definition) is 4. The van der Waals surface area contributed by atoms with Crippen molar-refractivity contribution in [3.05, 3.63) is 0 Å². The zero-order valence-corrected chi connectivity index (χ0v) is 12.4. The molecule has 3 N–H and O–H groups in total. The molecule has 0 bridgehead atoms. The van der Waals surface area contributed by atoms with Gasteiger partial charge in [-0.25, -0.2) is 0 Å². The summed E-state index contributed by atoms with van der Waals surface area (Å²) in [5, 5.41) is 2.87. The van der Waals surface area contributed by atoms with Gasteiger partial charge in [-0.05, 0) is 19.8 Å². The molecule has 0 aliphatic carbocycles. The van der Waals surface area contributed by atoms with E-state index in [0.717, 1.165) is 30.9 Å². The SMILES string of the molecule is CCCCNC(=O)CCC(CSCCN)C(C)=O. The van der Waals surface area contributed by atoms with Gasteiger partial charge in [0.25, 0.3) is 0 Å². The largest absolute Gasteiger partial charge is 0.356 e. The van der Waals surface area contributed by atoms with Crippen LogP contribution < -0.4 is 11.1 Å². The number of Topliss-reactive ketones (excluding diaryl/α,β-unsaturated/α-hetero) is 1. The van der Waals surface area contributed by atoms with Crippen LogP contribution in [0.5, 0.6) is 0 Å². The minimum atomic E-state index is -0.0153. The zero-order valence-electron chi connectivity index (χ0n) is 11.5. The van der Waals surface area contributed by atoms with Gasteiger partial charge in [0.05, 0.1) is 0 Å². The lowest BCUT2D eigenvalue weighted by atomic mass is 10.0. The summed E-state index contributed by atoms with van der Waals surface area (Å²) in [5.41, 5.74) is 5.41. The topological polar surface area (TPSA) is 72.2 Å². The van der Waals surface area contributed by atoms with E-state index in [2.05, 4.69) is 12.2 Å². The fourth-order valence-corrected chi connectivity index (χ4v) is 2.53. The first-order valence-corrected chi connectivity index (χ1v) is 7.82. The molecule has 0 aromatic carbocycles. The van der Waals surface area contributed by atoms with E-state index < -0.39 is 0 Å². The Kier molecular flexibility index (Phi) is 11.2. The zero-order chi connectivity index (χ0) is 13.8. The molecule has 0 aromatic rings. The van der Waals surface area contributed by atoms with Gasteiger partial charge in [-0.2, -0.15) is 11.8 Å². The van der Waals surface area contributed by atoms with E-state index in [1.54, 1.807) is 18.7 Å². The van der Waals surface area contributed by atoms with Gasteiger partial charge < -0.3 is 11.1 Å². The maximum absolute atomic E-state index is 11.5. The van der Waals surface area contributed by atoms with E-state index in [-0.39, 0.29) is 17.6 Å². The van der Waals surface area contributed by atoms with Crippen LogP contribution in [0.3, 0.4) is 0 Å². The molecule has 106 valence electrons. The molecule has 0 heterocycles. The first kappa shape index (κ1) is 17.4. The molecule has 1 atom stereocenters. The van der Waals surface area contributed by atoms with Crippen molar-refractivity contribution in [2.75, 3.05) is 24.6 Å². The average molecular weight is 274 g/mol. The molecule has 0 rings (SSSR count). The predicted octanol–water partition coefficient (Wildman–Crippen LogP) is 1.58. The van der Waals surface area contributed by atoms with Gasteiger partial charge in [0, 0.05) is 36.9 Å². The second-order valence-corrected chi connectivity index (χ2v) is 5.56. The van der Waals surface area contributed by atoms with Crippen LogP contribution in [0.1, 0.15) is 39.5 Å². The summed E-state index contributed by atoms with van der Waals surface area (Å²) in [4.78, 5) is 23.0. The van der Waals surface area contributed by atoms with Gasteiger partial charge in [-0.3, -0.25) is 9.59 Å². The predicted molar refractivity (Wildman–Crippen MR) is 77.7 cm³/mol. The van der Waals surface area contributed by atoms with Crippen LogP contribution in [0.15, 0.2) is 0 Å². The molecule has 4 nitrogen and oxygen atoms in total. The fourth-order valence-electron chi connectivity index (χ4n) is 1.51. The van der Waals surface area contributed by atoms with Gasteiger partial charge in [-0.15, -0.1) is 0 Å². The Hall–Kier alpha value is -0.550. The second kappa shape index (κ2) is 11.5. The number of unbranched alkanes of at least 4 members (excludes halogenated alkanes) is 1. The summed E-state index contributed by atoms with van der Waals surface area (Å²) in [7, 11) is 0. The van der Waals surface area contributed by atoms with E-state index in [0.29, 0.717) is 19.4 Å². The molecule has 5 heteroatoms. The van der Waals surface area contributed by atoms with Crippen molar-refractivity contribution in [3.8, 4) is 0 Å². The third-order valence-corrected chi connectivity index (χ3v) is 3.89. The lowest BCUT2D eigenvalue weighted by Gasteiger charge is -2.13. The Morgan fingerprint density at radius 1 is 1.39 bits per heavy atom. The Balaban J connectivity index is 3.81. The van der Waals surface area contributed by atoms with Crippen molar-refractivity contribution in [2.45, 2.75) is 39.5 Å². The molecule has 1 amide bonds. The van der Waals surface area contributed by atoms with Gasteiger partial charge >= 0.3 is 0 Å². The van der Waals surface area contributed by atoms with E-state index >= 15 is 0 Å². The number of ketones is 1. The Labute approximate surface area is 114 Å².